The third-order valence-electron chi connectivity index (χ3n) is 1.30. The van der Waals surface area contributed by atoms with Gasteiger partial charge in [0, 0.05) is 0 Å². The van der Waals surface area contributed by atoms with Crippen molar-refractivity contribution < 1.29 is 5.11 Å². The van der Waals surface area contributed by atoms with E-state index >= 15 is 0 Å². The molecule has 1 atom stereocenters. The summed E-state index contributed by atoms with van der Waals surface area (Å²) in [7, 11) is 0. The quantitative estimate of drug-likeness (QED) is 0.435. The highest BCUT2D eigenvalue weighted by atomic mass is 16.3. The number of hydrogen-bond donors (Lipinski definition) is 0. The Bertz CT molecular complexity index is 94.4. The molecule has 1 nitrogen and oxygen atoms in total. The first-order valence-electron chi connectivity index (χ1n) is 2.65. The summed E-state index contributed by atoms with van der Waals surface area (Å²) in [4.78, 5) is 0. The molecule has 0 bridgehead atoms. The molecule has 1 heteroatoms. The summed E-state index contributed by atoms with van der Waals surface area (Å²) in [5.41, 5.74) is 0. The SMILES string of the molecule is CC1CC=C([O-])C1. The molecule has 0 N–H and O–H groups in total. The van der Waals surface area contributed by atoms with Crippen molar-refractivity contribution in [3.05, 3.63) is 11.8 Å². The molecule has 0 aromatic carbocycles. The van der Waals surface area contributed by atoms with Crippen LogP contribution in [0.1, 0.15) is 19.8 Å². The number of allylic oxidation sites excluding steroid dienone is 2. The minimum Gasteiger partial charge on any atom is -0.876 e. The largest absolute Gasteiger partial charge is 0.876 e. The lowest BCUT2D eigenvalue weighted by atomic mass is 10.1. The van der Waals surface area contributed by atoms with Crippen LogP contribution in [0.4, 0.5) is 0 Å². The average molecular weight is 97.1 g/mol. The van der Waals surface area contributed by atoms with Gasteiger partial charge in [-0.15, -0.1) is 5.76 Å². The summed E-state index contributed by atoms with van der Waals surface area (Å²) in [5, 5.41) is 10.4. The van der Waals surface area contributed by atoms with Crippen LogP contribution in [0.2, 0.25) is 0 Å². The van der Waals surface area contributed by atoms with Gasteiger partial charge in [0.05, 0.1) is 0 Å². The van der Waals surface area contributed by atoms with Crippen molar-refractivity contribution >= 4 is 0 Å². The molecular formula is C6H9O-. The first kappa shape index (κ1) is 4.69. The van der Waals surface area contributed by atoms with Crippen molar-refractivity contribution in [1.29, 1.82) is 0 Å². The van der Waals surface area contributed by atoms with Crippen molar-refractivity contribution in [3.8, 4) is 0 Å². The fourth-order valence-electron chi connectivity index (χ4n) is 0.843. The molecule has 1 aliphatic carbocycles. The van der Waals surface area contributed by atoms with E-state index in [9.17, 15) is 5.11 Å². The Kier molecular flexibility index (Phi) is 1.05. The molecule has 0 saturated carbocycles. The molecule has 0 saturated heterocycles. The van der Waals surface area contributed by atoms with E-state index < -0.39 is 0 Å². The van der Waals surface area contributed by atoms with E-state index in [2.05, 4.69) is 6.92 Å². The van der Waals surface area contributed by atoms with E-state index in [1.165, 1.54) is 0 Å². The second kappa shape index (κ2) is 1.57. The lowest BCUT2D eigenvalue weighted by Gasteiger charge is -2.04. The van der Waals surface area contributed by atoms with Crippen molar-refractivity contribution in [3.63, 3.8) is 0 Å². The molecule has 0 aliphatic heterocycles. The maximum absolute atomic E-state index is 10.4. The van der Waals surface area contributed by atoms with Gasteiger partial charge in [0.1, 0.15) is 0 Å². The van der Waals surface area contributed by atoms with Crippen LogP contribution in [0.15, 0.2) is 11.8 Å². The van der Waals surface area contributed by atoms with Gasteiger partial charge in [0.2, 0.25) is 0 Å². The second-order valence-electron chi connectivity index (χ2n) is 2.22. The van der Waals surface area contributed by atoms with Crippen LogP contribution in [0.3, 0.4) is 0 Å². The second-order valence-corrected chi connectivity index (χ2v) is 2.22. The molecule has 0 aromatic heterocycles. The van der Waals surface area contributed by atoms with E-state index in [0.29, 0.717) is 11.7 Å². The summed E-state index contributed by atoms with van der Waals surface area (Å²) >= 11 is 0. The van der Waals surface area contributed by atoms with Crippen LogP contribution >= 0.6 is 0 Å². The Hall–Kier alpha value is -0.460. The van der Waals surface area contributed by atoms with Crippen LogP contribution in [0.25, 0.3) is 0 Å². The molecule has 40 valence electrons. The molecule has 0 radical (unpaired) electrons. The van der Waals surface area contributed by atoms with Gasteiger partial charge in [0.25, 0.3) is 0 Å². The lowest BCUT2D eigenvalue weighted by Crippen LogP contribution is -2.00. The highest BCUT2D eigenvalue weighted by Gasteiger charge is 2.03. The molecule has 0 fully saturated rings. The van der Waals surface area contributed by atoms with Crippen LogP contribution < -0.4 is 5.11 Å². The Morgan fingerprint density at radius 2 is 2.57 bits per heavy atom. The highest BCUT2D eigenvalue weighted by Crippen LogP contribution is 2.19. The lowest BCUT2D eigenvalue weighted by molar-refractivity contribution is -0.306. The predicted molar refractivity (Wildman–Crippen MR) is 26.5 cm³/mol. The maximum Gasteiger partial charge on any atom is -0.0328 e. The third kappa shape index (κ3) is 0.952. The first-order chi connectivity index (χ1) is 3.29. The molecule has 1 rings (SSSR count). The van der Waals surface area contributed by atoms with Gasteiger partial charge in [0.15, 0.2) is 0 Å². The van der Waals surface area contributed by atoms with Crippen LogP contribution in [-0.2, 0) is 0 Å². The van der Waals surface area contributed by atoms with Gasteiger partial charge >= 0.3 is 0 Å². The molecule has 1 unspecified atom stereocenters. The topological polar surface area (TPSA) is 23.1 Å². The smallest absolute Gasteiger partial charge is 0.0328 e. The van der Waals surface area contributed by atoms with Gasteiger partial charge in [-0.1, -0.05) is 13.0 Å². The normalized spacial score (nSPS) is 30.4. The zero-order valence-corrected chi connectivity index (χ0v) is 4.48. The van der Waals surface area contributed by atoms with Crippen molar-refractivity contribution in [2.45, 2.75) is 19.8 Å². The number of hydrogen-bond acceptors (Lipinski definition) is 1. The third-order valence-corrected chi connectivity index (χ3v) is 1.30. The molecule has 1 aliphatic rings. The molecular weight excluding hydrogens is 88.1 g/mol. The van der Waals surface area contributed by atoms with Gasteiger partial charge in [-0.05, 0) is 18.8 Å². The highest BCUT2D eigenvalue weighted by molar-refractivity contribution is 4.98. The Balaban J connectivity index is 2.42. The minimum atomic E-state index is 0.326. The zero-order valence-electron chi connectivity index (χ0n) is 4.48. The molecule has 0 aromatic rings. The fourth-order valence-corrected chi connectivity index (χ4v) is 0.843. The van der Waals surface area contributed by atoms with E-state index in [0.717, 1.165) is 12.8 Å². The molecule has 7 heavy (non-hydrogen) atoms. The van der Waals surface area contributed by atoms with Crippen molar-refractivity contribution in [2.75, 3.05) is 0 Å². The van der Waals surface area contributed by atoms with Gasteiger partial charge in [-0.25, -0.2) is 0 Å². The molecule has 0 spiro atoms. The summed E-state index contributed by atoms with van der Waals surface area (Å²) in [6.07, 6.45) is 3.56. The van der Waals surface area contributed by atoms with Crippen molar-refractivity contribution in [1.82, 2.24) is 0 Å². The molecule has 0 amide bonds. The van der Waals surface area contributed by atoms with E-state index in [4.69, 9.17) is 0 Å². The Morgan fingerprint density at radius 1 is 1.86 bits per heavy atom. The minimum absolute atomic E-state index is 0.326. The summed E-state index contributed by atoms with van der Waals surface area (Å²) < 4.78 is 0. The average Bonchev–Trinajstić information content (AvgIpc) is 1.87. The monoisotopic (exact) mass is 97.1 g/mol. The Labute approximate surface area is 43.7 Å². The summed E-state index contributed by atoms with van der Waals surface area (Å²) in [6.45, 7) is 2.10. The van der Waals surface area contributed by atoms with E-state index in [1.807, 2.05) is 0 Å². The van der Waals surface area contributed by atoms with Gasteiger partial charge in [-0.2, -0.15) is 0 Å². The molecule has 0 heterocycles. The van der Waals surface area contributed by atoms with Crippen LogP contribution in [-0.4, -0.2) is 0 Å². The standard InChI is InChI=1S/C6H10O/c1-5-2-3-6(7)4-5/h3,5,7H,2,4H2,1H3/p-1. The van der Waals surface area contributed by atoms with E-state index in [1.54, 1.807) is 6.08 Å². The zero-order chi connectivity index (χ0) is 5.28. The first-order valence-corrected chi connectivity index (χ1v) is 2.65. The van der Waals surface area contributed by atoms with Gasteiger partial charge in [-0.3, -0.25) is 0 Å². The number of rotatable bonds is 0. The van der Waals surface area contributed by atoms with Crippen molar-refractivity contribution in [2.24, 2.45) is 5.92 Å². The van der Waals surface area contributed by atoms with Gasteiger partial charge < -0.3 is 5.11 Å². The summed E-state index contributed by atoms with van der Waals surface area (Å²) in [5.74, 6) is 0.944. The van der Waals surface area contributed by atoms with Crippen LogP contribution in [0.5, 0.6) is 0 Å². The predicted octanol–water partition coefficient (Wildman–Crippen LogP) is 0.660. The van der Waals surface area contributed by atoms with E-state index in [-0.39, 0.29) is 0 Å². The maximum atomic E-state index is 10.4. The van der Waals surface area contributed by atoms with Crippen LogP contribution in [0, 0.1) is 5.92 Å². The summed E-state index contributed by atoms with van der Waals surface area (Å²) in [6, 6.07) is 0. The fraction of sp³-hybridized carbons (Fsp3) is 0.667. The Morgan fingerprint density at radius 3 is 2.71 bits per heavy atom.